The molecule has 0 saturated carbocycles. The first-order chi connectivity index (χ1) is 13.7. The van der Waals surface area contributed by atoms with E-state index in [1.165, 1.54) is 13.8 Å². The van der Waals surface area contributed by atoms with Crippen LogP contribution in [0, 0.1) is 5.92 Å². The molecule has 182 valence electrons. The van der Waals surface area contributed by atoms with Crippen molar-refractivity contribution in [3.05, 3.63) is 12.7 Å². The van der Waals surface area contributed by atoms with Gasteiger partial charge in [0.25, 0.3) is 0 Å². The quantitative estimate of drug-likeness (QED) is 0.102. The third-order valence-corrected chi connectivity index (χ3v) is 4.21. The zero-order valence-corrected chi connectivity index (χ0v) is 16.8. The van der Waals surface area contributed by atoms with Crippen LogP contribution in [0.15, 0.2) is 12.7 Å². The Kier molecular flexibility index (Phi) is 9.49. The molecule has 0 aliphatic carbocycles. The van der Waals surface area contributed by atoms with Gasteiger partial charge in [0.2, 0.25) is 0 Å². The van der Waals surface area contributed by atoms with E-state index in [0.29, 0.717) is 0 Å². The van der Waals surface area contributed by atoms with Crippen LogP contribution < -0.4 is 0 Å². The van der Waals surface area contributed by atoms with Crippen molar-refractivity contribution in [1.82, 2.24) is 0 Å². The van der Waals surface area contributed by atoms with E-state index in [1.54, 1.807) is 0 Å². The van der Waals surface area contributed by atoms with E-state index in [-0.39, 0.29) is 6.08 Å². The fourth-order valence-electron chi connectivity index (χ4n) is 1.74. The summed E-state index contributed by atoms with van der Waals surface area (Å²) in [5.74, 6) is -14.5. The first-order valence-corrected chi connectivity index (χ1v) is 9.60. The van der Waals surface area contributed by atoms with Gasteiger partial charge in [-0.15, -0.1) is 0 Å². The van der Waals surface area contributed by atoms with Crippen molar-refractivity contribution in [3.63, 3.8) is 0 Å². The third kappa shape index (κ3) is 7.03. The molecule has 0 aromatic rings. The molecule has 16 heteroatoms. The third-order valence-electron chi connectivity index (χ3n) is 3.28. The average Bonchev–Trinajstić information content (AvgIpc) is 2.59. The molecule has 0 heterocycles. The molecule has 8 nitrogen and oxygen atoms in total. The minimum Gasteiger partial charge on any atom is -0.743 e. The summed E-state index contributed by atoms with van der Waals surface area (Å²) >= 11 is 0. The smallest absolute Gasteiger partial charge is 0.468 e. The summed E-state index contributed by atoms with van der Waals surface area (Å²) in [4.78, 5) is 23.3. The maximum absolute atomic E-state index is 13.5. The Morgan fingerprint density at radius 1 is 1.10 bits per heavy atom. The molecule has 1 atom stereocenters. The molecule has 1 unspecified atom stereocenters. The van der Waals surface area contributed by atoms with Gasteiger partial charge < -0.3 is 18.8 Å². The molecule has 31 heavy (non-hydrogen) atoms. The number of alkyl halides is 7. The minimum atomic E-state index is -6.81. The molecule has 0 aliphatic heterocycles. The largest absolute Gasteiger partial charge is 0.743 e. The number of hydrogen-bond donors (Lipinski definition) is 0. The Hall–Kier alpha value is -1.94. The number of esters is 2. The predicted molar refractivity (Wildman–Crippen MR) is 85.6 cm³/mol. The minimum absolute atomic E-state index is 0.216. The van der Waals surface area contributed by atoms with Crippen LogP contribution >= 0.6 is 0 Å². The molecule has 0 aromatic carbocycles. The van der Waals surface area contributed by atoms with E-state index in [4.69, 9.17) is 0 Å². The highest BCUT2D eigenvalue weighted by molar-refractivity contribution is 7.86. The van der Waals surface area contributed by atoms with E-state index < -0.39 is 77.2 Å². The monoisotopic (exact) mass is 491 g/mol. The highest BCUT2D eigenvalue weighted by Gasteiger charge is 2.68. The van der Waals surface area contributed by atoms with Crippen molar-refractivity contribution in [3.8, 4) is 0 Å². The molecular formula is C15H18F7O8S-. The summed E-state index contributed by atoms with van der Waals surface area (Å²) in [6, 6.07) is 0. The normalized spacial score (nSPS) is 15.3. The second kappa shape index (κ2) is 10.1. The second-order valence-corrected chi connectivity index (χ2v) is 7.78. The summed E-state index contributed by atoms with van der Waals surface area (Å²) in [7, 11) is -6.81. The van der Waals surface area contributed by atoms with Crippen LogP contribution in [0.4, 0.5) is 30.7 Å². The predicted octanol–water partition coefficient (Wildman–Crippen LogP) is 2.74. The van der Waals surface area contributed by atoms with Crippen molar-refractivity contribution in [1.29, 1.82) is 0 Å². The summed E-state index contributed by atoms with van der Waals surface area (Å²) in [5, 5.41) is -6.06. The van der Waals surface area contributed by atoms with Gasteiger partial charge in [0, 0.05) is 12.5 Å². The van der Waals surface area contributed by atoms with Crippen LogP contribution in [-0.4, -0.2) is 61.3 Å². The number of rotatable bonds is 12. The first-order valence-electron chi connectivity index (χ1n) is 8.19. The molecular weight excluding hydrogens is 473 g/mol. The highest BCUT2D eigenvalue weighted by Crippen LogP contribution is 2.42. The SMILES string of the molecule is C=CC(=O)OC(OCCCC(F)(F)C(F)(F)S(=O)(=O)[O-])(C(=O)OCC(C)C)C(F)(F)F. The van der Waals surface area contributed by atoms with Crippen LogP contribution in [0.1, 0.15) is 26.7 Å². The van der Waals surface area contributed by atoms with Crippen molar-refractivity contribution in [2.75, 3.05) is 13.2 Å². The van der Waals surface area contributed by atoms with E-state index in [9.17, 15) is 53.3 Å². The van der Waals surface area contributed by atoms with Gasteiger partial charge in [0.05, 0.1) is 13.2 Å². The Morgan fingerprint density at radius 3 is 2.00 bits per heavy atom. The molecule has 0 aromatic heterocycles. The average molecular weight is 491 g/mol. The summed E-state index contributed by atoms with van der Waals surface area (Å²) < 4.78 is 137. The van der Waals surface area contributed by atoms with E-state index in [1.807, 2.05) is 0 Å². The maximum Gasteiger partial charge on any atom is 0.468 e. The standard InChI is InChI=1S/C15H19F7O8S/c1-4-10(23)30-13(14(18,19)20,11(24)28-8-9(2)3)29-7-5-6-12(16,17)15(21,22)31(25,26)27/h4,9H,1,5-8H2,2-3H3,(H,25,26,27)/p-1. The summed E-state index contributed by atoms with van der Waals surface area (Å²) in [5.41, 5.74) is 0. The number of hydrogen-bond acceptors (Lipinski definition) is 8. The highest BCUT2D eigenvalue weighted by atomic mass is 32.2. The molecule has 0 bridgehead atoms. The Balaban J connectivity index is 5.67. The van der Waals surface area contributed by atoms with Crippen LogP contribution in [0.25, 0.3) is 0 Å². The van der Waals surface area contributed by atoms with Gasteiger partial charge in [-0.25, -0.2) is 18.0 Å². The molecule has 0 radical (unpaired) electrons. The molecule has 0 spiro atoms. The molecule has 0 N–H and O–H groups in total. The number of halogens is 7. The molecule has 0 fully saturated rings. The lowest BCUT2D eigenvalue weighted by Crippen LogP contribution is -2.58. The van der Waals surface area contributed by atoms with Crippen LogP contribution in [0.3, 0.4) is 0 Å². The van der Waals surface area contributed by atoms with Crippen molar-refractivity contribution in [2.45, 2.75) is 49.8 Å². The summed E-state index contributed by atoms with van der Waals surface area (Å²) in [6.07, 6.45) is -9.15. The van der Waals surface area contributed by atoms with Gasteiger partial charge in [0.15, 0.2) is 10.1 Å². The van der Waals surface area contributed by atoms with Crippen LogP contribution in [0.2, 0.25) is 0 Å². The zero-order valence-electron chi connectivity index (χ0n) is 16.0. The summed E-state index contributed by atoms with van der Waals surface area (Å²) in [6.45, 7) is 3.53. The second-order valence-electron chi connectivity index (χ2n) is 6.36. The van der Waals surface area contributed by atoms with Crippen molar-refractivity contribution < 1.29 is 67.5 Å². The fourth-order valence-corrected chi connectivity index (χ4v) is 2.21. The van der Waals surface area contributed by atoms with E-state index in [0.717, 1.165) is 0 Å². The Bertz CT molecular complexity index is 764. The Labute approximate surface area is 172 Å². The van der Waals surface area contributed by atoms with Gasteiger partial charge in [-0.05, 0) is 12.3 Å². The van der Waals surface area contributed by atoms with Crippen molar-refractivity contribution in [2.24, 2.45) is 5.92 Å². The lowest BCUT2D eigenvalue weighted by atomic mass is 10.2. The maximum atomic E-state index is 13.5. The van der Waals surface area contributed by atoms with Crippen LogP contribution in [0.5, 0.6) is 0 Å². The molecule has 0 aliphatic rings. The number of carbonyl (C=O) groups excluding carboxylic acids is 2. The molecule has 0 saturated heterocycles. The topological polar surface area (TPSA) is 119 Å². The lowest BCUT2D eigenvalue weighted by molar-refractivity contribution is -0.355. The van der Waals surface area contributed by atoms with Crippen LogP contribution in [-0.2, 0) is 33.9 Å². The van der Waals surface area contributed by atoms with Gasteiger partial charge in [-0.2, -0.15) is 30.7 Å². The molecule has 0 rings (SSSR count). The lowest BCUT2D eigenvalue weighted by Gasteiger charge is -2.32. The fraction of sp³-hybridized carbons (Fsp3) is 0.733. The van der Waals surface area contributed by atoms with Gasteiger partial charge in [0.1, 0.15) is 0 Å². The van der Waals surface area contributed by atoms with E-state index >= 15 is 0 Å². The van der Waals surface area contributed by atoms with Gasteiger partial charge in [-0.1, -0.05) is 20.4 Å². The molecule has 0 amide bonds. The number of carbonyl (C=O) groups is 2. The van der Waals surface area contributed by atoms with Crippen molar-refractivity contribution >= 4 is 22.1 Å². The van der Waals surface area contributed by atoms with E-state index in [2.05, 4.69) is 20.8 Å². The first kappa shape index (κ1) is 29.1. The van der Waals surface area contributed by atoms with Gasteiger partial charge in [-0.3, -0.25) is 0 Å². The Morgan fingerprint density at radius 2 is 1.61 bits per heavy atom. The number of ether oxygens (including phenoxy) is 3. The van der Waals surface area contributed by atoms with Gasteiger partial charge >= 0.3 is 35.1 Å². The zero-order chi connectivity index (χ0) is 24.9.